The Morgan fingerprint density at radius 2 is 2.21 bits per heavy atom. The number of thioether (sulfide) groups is 1. The molecule has 6 heteroatoms. The van der Waals surface area contributed by atoms with Crippen LogP contribution in [0.15, 0.2) is 24.3 Å². The van der Waals surface area contributed by atoms with Gasteiger partial charge in [0.15, 0.2) is 0 Å². The molecule has 0 aliphatic carbocycles. The molecule has 1 aromatic carbocycles. The number of nitrogens with one attached hydrogen (secondary N) is 1. The fourth-order valence-corrected chi connectivity index (χ4v) is 2.19. The van der Waals surface area contributed by atoms with Gasteiger partial charge in [-0.15, -0.1) is 11.8 Å². The van der Waals surface area contributed by atoms with Gasteiger partial charge in [0.25, 0.3) is 0 Å². The van der Waals surface area contributed by atoms with Crippen molar-refractivity contribution >= 4 is 29.3 Å². The van der Waals surface area contributed by atoms with Gasteiger partial charge in [-0.1, -0.05) is 19.1 Å². The van der Waals surface area contributed by atoms with Crippen molar-refractivity contribution in [3.05, 3.63) is 29.8 Å². The van der Waals surface area contributed by atoms with Gasteiger partial charge < -0.3 is 16.2 Å². The number of carbonyl (C=O) groups is 2. The second kappa shape index (κ2) is 7.81. The summed E-state index contributed by atoms with van der Waals surface area (Å²) in [5.41, 5.74) is 7.25. The minimum absolute atomic E-state index is 0.157. The number of anilines is 1. The predicted molar refractivity (Wildman–Crippen MR) is 77.4 cm³/mol. The number of aryl methyl sites for hydroxylation is 1. The smallest absolute Gasteiger partial charge is 0.321 e. The molecule has 1 aromatic rings. The van der Waals surface area contributed by atoms with E-state index in [2.05, 4.69) is 5.32 Å². The highest BCUT2D eigenvalue weighted by molar-refractivity contribution is 8.00. The number of benzene rings is 1. The normalized spacial score (nSPS) is 11.9. The lowest BCUT2D eigenvalue weighted by atomic mass is 10.1. The molecule has 0 bridgehead atoms. The molecule has 104 valence electrons. The molecule has 0 fully saturated rings. The number of carbonyl (C=O) groups excluding carboxylic acids is 1. The van der Waals surface area contributed by atoms with Crippen molar-refractivity contribution in [2.45, 2.75) is 19.4 Å². The number of carboxylic acid groups (broad SMARTS) is 1. The number of hydrogen-bond donors (Lipinski definition) is 3. The lowest BCUT2D eigenvalue weighted by Crippen LogP contribution is -2.33. The Morgan fingerprint density at radius 1 is 1.47 bits per heavy atom. The minimum atomic E-state index is -1.05. The van der Waals surface area contributed by atoms with Gasteiger partial charge in [0.2, 0.25) is 5.91 Å². The zero-order chi connectivity index (χ0) is 14.3. The number of nitrogens with two attached hydrogens (primary N) is 1. The van der Waals surface area contributed by atoms with E-state index in [1.54, 1.807) is 0 Å². The lowest BCUT2D eigenvalue weighted by molar-refractivity contribution is -0.137. The van der Waals surface area contributed by atoms with E-state index in [0.29, 0.717) is 0 Å². The molecule has 0 aromatic heterocycles. The monoisotopic (exact) mass is 282 g/mol. The van der Waals surface area contributed by atoms with E-state index < -0.39 is 12.0 Å². The third-order valence-corrected chi connectivity index (χ3v) is 3.53. The Balaban J connectivity index is 2.36. The highest BCUT2D eigenvalue weighted by atomic mass is 32.2. The number of hydrogen-bond acceptors (Lipinski definition) is 4. The molecule has 0 spiro atoms. The van der Waals surface area contributed by atoms with Crippen LogP contribution in [0.5, 0.6) is 0 Å². The van der Waals surface area contributed by atoms with E-state index >= 15 is 0 Å². The van der Waals surface area contributed by atoms with Crippen LogP contribution in [0.4, 0.5) is 5.69 Å². The fraction of sp³-hybridized carbons (Fsp3) is 0.385. The van der Waals surface area contributed by atoms with Crippen LogP contribution in [-0.4, -0.2) is 34.5 Å². The first-order valence-corrected chi connectivity index (χ1v) is 7.13. The standard InChI is InChI=1S/C13H18N2O3S/c1-2-9-4-3-5-10(6-9)15-12(16)8-19-7-11(14)13(17)18/h3-6,11H,2,7-8,14H2,1H3,(H,15,16)(H,17,18). The van der Waals surface area contributed by atoms with E-state index in [1.807, 2.05) is 31.2 Å². The highest BCUT2D eigenvalue weighted by Gasteiger charge is 2.12. The van der Waals surface area contributed by atoms with Crippen LogP contribution >= 0.6 is 11.8 Å². The fourth-order valence-electron chi connectivity index (χ4n) is 1.42. The highest BCUT2D eigenvalue weighted by Crippen LogP contribution is 2.12. The SMILES string of the molecule is CCc1cccc(NC(=O)CSCC(N)C(=O)O)c1. The first kappa shape index (κ1) is 15.5. The Hall–Kier alpha value is -1.53. The van der Waals surface area contributed by atoms with Crippen molar-refractivity contribution in [2.24, 2.45) is 5.73 Å². The van der Waals surface area contributed by atoms with Gasteiger partial charge in [-0.3, -0.25) is 9.59 Å². The lowest BCUT2D eigenvalue weighted by Gasteiger charge is -2.08. The summed E-state index contributed by atoms with van der Waals surface area (Å²) in [6.45, 7) is 2.05. The molecule has 1 unspecified atom stereocenters. The molecular formula is C13H18N2O3S. The predicted octanol–water partition coefficient (Wildman–Crippen LogP) is 1.33. The summed E-state index contributed by atoms with van der Waals surface area (Å²) in [6, 6.07) is 6.70. The van der Waals surface area contributed by atoms with Crippen molar-refractivity contribution in [3.8, 4) is 0 Å². The summed E-state index contributed by atoms with van der Waals surface area (Å²) < 4.78 is 0. The number of rotatable bonds is 7. The molecule has 0 aliphatic heterocycles. The van der Waals surface area contributed by atoms with E-state index in [1.165, 1.54) is 11.8 Å². The number of carboxylic acids is 1. The summed E-state index contributed by atoms with van der Waals surface area (Å²) >= 11 is 1.21. The first-order chi connectivity index (χ1) is 9.02. The maximum absolute atomic E-state index is 11.6. The van der Waals surface area contributed by atoms with E-state index in [0.717, 1.165) is 17.7 Å². The van der Waals surface area contributed by atoms with Crippen LogP contribution < -0.4 is 11.1 Å². The van der Waals surface area contributed by atoms with E-state index in [4.69, 9.17) is 10.8 Å². The Morgan fingerprint density at radius 3 is 2.84 bits per heavy atom. The summed E-state index contributed by atoms with van der Waals surface area (Å²) in [4.78, 5) is 22.1. The largest absolute Gasteiger partial charge is 0.480 e. The second-order valence-electron chi connectivity index (χ2n) is 4.06. The van der Waals surface area contributed by atoms with Gasteiger partial charge in [-0.05, 0) is 24.1 Å². The topological polar surface area (TPSA) is 92.4 Å². The van der Waals surface area contributed by atoms with Crippen LogP contribution in [0.3, 0.4) is 0 Å². The molecular weight excluding hydrogens is 264 g/mol. The van der Waals surface area contributed by atoms with Crippen molar-refractivity contribution in [3.63, 3.8) is 0 Å². The average Bonchev–Trinajstić information content (AvgIpc) is 2.38. The second-order valence-corrected chi connectivity index (χ2v) is 5.09. The van der Waals surface area contributed by atoms with Crippen LogP contribution in [0, 0.1) is 0 Å². The molecule has 1 rings (SSSR count). The third-order valence-electron chi connectivity index (χ3n) is 2.47. The molecule has 1 amide bonds. The van der Waals surface area contributed by atoms with E-state index in [-0.39, 0.29) is 17.4 Å². The quantitative estimate of drug-likeness (QED) is 0.701. The molecule has 4 N–H and O–H groups in total. The molecule has 0 saturated carbocycles. The molecule has 0 aliphatic rings. The number of aliphatic carboxylic acids is 1. The minimum Gasteiger partial charge on any atom is -0.480 e. The van der Waals surface area contributed by atoms with Gasteiger partial charge >= 0.3 is 5.97 Å². The molecule has 0 saturated heterocycles. The van der Waals surface area contributed by atoms with Crippen molar-refractivity contribution in [1.82, 2.24) is 0 Å². The van der Waals surface area contributed by atoms with Gasteiger partial charge in [-0.25, -0.2) is 0 Å². The summed E-state index contributed by atoms with van der Waals surface area (Å²) in [5.74, 6) is -0.797. The first-order valence-electron chi connectivity index (χ1n) is 5.98. The number of amides is 1. The Bertz CT molecular complexity index is 451. The molecule has 1 atom stereocenters. The van der Waals surface area contributed by atoms with Gasteiger partial charge in [-0.2, -0.15) is 0 Å². The summed E-state index contributed by atoms with van der Waals surface area (Å²) in [7, 11) is 0. The van der Waals surface area contributed by atoms with Gasteiger partial charge in [0.1, 0.15) is 6.04 Å². The summed E-state index contributed by atoms with van der Waals surface area (Å²) in [6.07, 6.45) is 0.909. The molecule has 19 heavy (non-hydrogen) atoms. The zero-order valence-corrected chi connectivity index (χ0v) is 11.6. The summed E-state index contributed by atoms with van der Waals surface area (Å²) in [5, 5.41) is 11.4. The van der Waals surface area contributed by atoms with Crippen LogP contribution in [-0.2, 0) is 16.0 Å². The Labute approximate surface area is 116 Å². The van der Waals surface area contributed by atoms with Crippen molar-refractivity contribution < 1.29 is 14.7 Å². The molecule has 5 nitrogen and oxygen atoms in total. The third kappa shape index (κ3) is 5.76. The zero-order valence-electron chi connectivity index (χ0n) is 10.8. The van der Waals surface area contributed by atoms with Crippen molar-refractivity contribution in [2.75, 3.05) is 16.8 Å². The Kier molecular flexibility index (Phi) is 6.38. The maximum Gasteiger partial charge on any atom is 0.321 e. The van der Waals surface area contributed by atoms with Gasteiger partial charge in [0, 0.05) is 11.4 Å². The van der Waals surface area contributed by atoms with Crippen molar-refractivity contribution in [1.29, 1.82) is 0 Å². The maximum atomic E-state index is 11.6. The molecule has 0 radical (unpaired) electrons. The molecule has 0 heterocycles. The van der Waals surface area contributed by atoms with Gasteiger partial charge in [0.05, 0.1) is 5.75 Å². The average molecular weight is 282 g/mol. The van der Waals surface area contributed by atoms with Crippen LogP contribution in [0.2, 0.25) is 0 Å². The van der Waals surface area contributed by atoms with Crippen LogP contribution in [0.1, 0.15) is 12.5 Å². The van der Waals surface area contributed by atoms with Crippen LogP contribution in [0.25, 0.3) is 0 Å². The van der Waals surface area contributed by atoms with E-state index in [9.17, 15) is 9.59 Å².